The number of para-hydroxylation sites is 3. The molecule has 0 amide bonds. The second-order valence-corrected chi connectivity index (χ2v) is 13.7. The molecule has 54 heavy (non-hydrogen) atoms. The Bertz CT molecular complexity index is 2930. The van der Waals surface area contributed by atoms with Gasteiger partial charge in [-0.15, -0.1) is 0 Å². The van der Waals surface area contributed by atoms with E-state index >= 15 is 0 Å². The number of nitrogens with zero attached hydrogens (tertiary/aromatic N) is 1. The molecule has 0 unspecified atom stereocenters. The second kappa shape index (κ2) is 13.4. The molecule has 0 N–H and O–H groups in total. The second-order valence-electron chi connectivity index (χ2n) is 13.7. The number of hydrogen-bond acceptors (Lipinski definition) is 2. The molecule has 0 aliphatic carbocycles. The smallest absolute Gasteiger partial charge is 0.159 e. The van der Waals surface area contributed by atoms with E-state index in [1.807, 2.05) is 6.07 Å². The predicted molar refractivity (Wildman–Crippen MR) is 228 cm³/mol. The average Bonchev–Trinajstić information content (AvgIpc) is 3.64. The maximum atomic E-state index is 6.77. The lowest BCUT2D eigenvalue weighted by Crippen LogP contribution is -2.12. The van der Waals surface area contributed by atoms with Crippen LogP contribution >= 0.6 is 0 Å². The van der Waals surface area contributed by atoms with Crippen molar-refractivity contribution in [2.45, 2.75) is 0 Å². The topological polar surface area (TPSA) is 16.4 Å². The SMILES string of the molecule is c1ccc(-c2cc(-c3ccccc3N(c3ccc(-c4ccccc4)c(-c4ccccc4)c3)c3cccc4c3oc3ccccc34)c3ccccc3c2)cc1. The summed E-state index contributed by atoms with van der Waals surface area (Å²) in [6, 6.07) is 75.9. The molecule has 2 nitrogen and oxygen atoms in total. The van der Waals surface area contributed by atoms with E-state index in [1.54, 1.807) is 0 Å². The van der Waals surface area contributed by atoms with Gasteiger partial charge in [-0.05, 0) is 92.2 Å². The quantitative estimate of drug-likeness (QED) is 0.166. The van der Waals surface area contributed by atoms with Gasteiger partial charge in [0.15, 0.2) is 5.58 Å². The number of rotatable bonds is 7. The van der Waals surface area contributed by atoms with Crippen molar-refractivity contribution in [3.8, 4) is 44.5 Å². The van der Waals surface area contributed by atoms with Crippen molar-refractivity contribution in [3.05, 3.63) is 212 Å². The summed E-state index contributed by atoms with van der Waals surface area (Å²) in [5.41, 5.74) is 14.2. The maximum Gasteiger partial charge on any atom is 0.159 e. The summed E-state index contributed by atoms with van der Waals surface area (Å²) >= 11 is 0. The van der Waals surface area contributed by atoms with Gasteiger partial charge in [-0.3, -0.25) is 0 Å². The van der Waals surface area contributed by atoms with E-state index in [2.05, 4.69) is 211 Å². The number of fused-ring (bicyclic) bond motifs is 4. The van der Waals surface area contributed by atoms with Gasteiger partial charge in [0, 0.05) is 22.0 Å². The van der Waals surface area contributed by atoms with Crippen LogP contribution in [0, 0.1) is 0 Å². The molecule has 0 spiro atoms. The van der Waals surface area contributed by atoms with E-state index in [0.29, 0.717) is 0 Å². The summed E-state index contributed by atoms with van der Waals surface area (Å²) in [7, 11) is 0. The van der Waals surface area contributed by atoms with Crippen molar-refractivity contribution < 1.29 is 4.42 Å². The molecule has 0 radical (unpaired) electrons. The first kappa shape index (κ1) is 31.6. The van der Waals surface area contributed by atoms with Crippen LogP contribution in [0.4, 0.5) is 17.1 Å². The van der Waals surface area contributed by atoms with Gasteiger partial charge in [0.1, 0.15) is 5.58 Å². The minimum Gasteiger partial charge on any atom is -0.454 e. The molecule has 0 saturated carbocycles. The molecule has 0 bridgehead atoms. The molecular weight excluding hydrogens is 655 g/mol. The fourth-order valence-electron chi connectivity index (χ4n) is 7.94. The Kier molecular flexibility index (Phi) is 7.85. The maximum absolute atomic E-state index is 6.77. The van der Waals surface area contributed by atoms with Gasteiger partial charge in [0.05, 0.1) is 11.4 Å². The van der Waals surface area contributed by atoms with Crippen molar-refractivity contribution in [2.24, 2.45) is 0 Å². The molecule has 0 fully saturated rings. The highest BCUT2D eigenvalue weighted by Gasteiger charge is 2.24. The summed E-state index contributed by atoms with van der Waals surface area (Å²) < 4.78 is 6.77. The third kappa shape index (κ3) is 5.53. The van der Waals surface area contributed by atoms with Crippen molar-refractivity contribution >= 4 is 49.8 Å². The van der Waals surface area contributed by atoms with Crippen molar-refractivity contribution in [1.29, 1.82) is 0 Å². The Morgan fingerprint density at radius 2 is 0.907 bits per heavy atom. The van der Waals surface area contributed by atoms with Crippen LogP contribution in [0.25, 0.3) is 77.2 Å². The molecular formula is C52H35NO. The largest absolute Gasteiger partial charge is 0.454 e. The van der Waals surface area contributed by atoms with Crippen LogP contribution in [-0.4, -0.2) is 0 Å². The van der Waals surface area contributed by atoms with E-state index in [-0.39, 0.29) is 0 Å². The van der Waals surface area contributed by atoms with Gasteiger partial charge < -0.3 is 9.32 Å². The first-order chi connectivity index (χ1) is 26.8. The predicted octanol–water partition coefficient (Wildman–Crippen LogP) is 14.9. The molecule has 1 aromatic heterocycles. The minimum absolute atomic E-state index is 0.852. The lowest BCUT2D eigenvalue weighted by Gasteiger charge is -2.29. The van der Waals surface area contributed by atoms with Gasteiger partial charge >= 0.3 is 0 Å². The van der Waals surface area contributed by atoms with Gasteiger partial charge in [-0.1, -0.05) is 170 Å². The first-order valence-electron chi connectivity index (χ1n) is 18.4. The molecule has 0 aliphatic rings. The van der Waals surface area contributed by atoms with Crippen LogP contribution in [0.1, 0.15) is 0 Å². The summed E-state index contributed by atoms with van der Waals surface area (Å²) in [6.07, 6.45) is 0. The lowest BCUT2D eigenvalue weighted by molar-refractivity contribution is 0.669. The van der Waals surface area contributed by atoms with E-state index in [4.69, 9.17) is 4.42 Å². The normalized spacial score (nSPS) is 11.3. The zero-order valence-electron chi connectivity index (χ0n) is 29.6. The van der Waals surface area contributed by atoms with E-state index in [0.717, 1.165) is 55.7 Å². The monoisotopic (exact) mass is 689 g/mol. The van der Waals surface area contributed by atoms with Gasteiger partial charge in [-0.25, -0.2) is 0 Å². The van der Waals surface area contributed by atoms with Crippen LogP contribution in [0.3, 0.4) is 0 Å². The molecule has 0 saturated heterocycles. The zero-order valence-corrected chi connectivity index (χ0v) is 29.6. The number of anilines is 3. The van der Waals surface area contributed by atoms with Crippen molar-refractivity contribution in [1.82, 2.24) is 0 Å². The summed E-state index contributed by atoms with van der Waals surface area (Å²) in [4.78, 5) is 2.39. The van der Waals surface area contributed by atoms with Crippen LogP contribution in [0.5, 0.6) is 0 Å². The molecule has 254 valence electrons. The van der Waals surface area contributed by atoms with E-state index < -0.39 is 0 Å². The molecule has 9 aromatic carbocycles. The first-order valence-corrected chi connectivity index (χ1v) is 18.4. The Morgan fingerprint density at radius 1 is 0.315 bits per heavy atom. The Morgan fingerprint density at radius 3 is 1.69 bits per heavy atom. The fraction of sp³-hybridized carbons (Fsp3) is 0. The Balaban J connectivity index is 1.27. The third-order valence-corrected chi connectivity index (χ3v) is 10.5. The van der Waals surface area contributed by atoms with E-state index in [9.17, 15) is 0 Å². The molecule has 1 heterocycles. The highest BCUT2D eigenvalue weighted by atomic mass is 16.3. The number of benzene rings is 9. The summed E-state index contributed by atoms with van der Waals surface area (Å²) in [6.45, 7) is 0. The highest BCUT2D eigenvalue weighted by Crippen LogP contribution is 2.48. The third-order valence-electron chi connectivity index (χ3n) is 10.5. The van der Waals surface area contributed by atoms with Gasteiger partial charge in [-0.2, -0.15) is 0 Å². The van der Waals surface area contributed by atoms with Crippen LogP contribution in [0.2, 0.25) is 0 Å². The molecule has 10 rings (SSSR count). The minimum atomic E-state index is 0.852. The van der Waals surface area contributed by atoms with Gasteiger partial charge in [0.2, 0.25) is 0 Å². The Labute approximate surface area is 314 Å². The van der Waals surface area contributed by atoms with Crippen LogP contribution < -0.4 is 4.90 Å². The average molecular weight is 690 g/mol. The highest BCUT2D eigenvalue weighted by molar-refractivity contribution is 6.12. The van der Waals surface area contributed by atoms with E-state index in [1.165, 1.54) is 38.6 Å². The fourth-order valence-corrected chi connectivity index (χ4v) is 7.94. The molecule has 10 aromatic rings. The lowest BCUT2D eigenvalue weighted by atomic mass is 9.91. The van der Waals surface area contributed by atoms with Crippen molar-refractivity contribution in [3.63, 3.8) is 0 Å². The molecule has 2 heteroatoms. The summed E-state index contributed by atoms with van der Waals surface area (Å²) in [5.74, 6) is 0. The molecule has 0 aliphatic heterocycles. The standard InChI is InChI=1S/C52H35NO/c1-4-17-36(18-5-1)40-33-39-23-10-11-24-42(39)48(34-40)44-25-12-14-28-49(44)53(50-29-16-27-46-45-26-13-15-30-51(45)54-52(46)50)41-31-32-43(37-19-6-2-7-20-37)47(35-41)38-21-8-3-9-22-38/h1-35H. The van der Waals surface area contributed by atoms with Crippen molar-refractivity contribution in [2.75, 3.05) is 4.90 Å². The molecule has 0 atom stereocenters. The zero-order chi connectivity index (χ0) is 35.8. The van der Waals surface area contributed by atoms with Gasteiger partial charge in [0.25, 0.3) is 0 Å². The van der Waals surface area contributed by atoms with Crippen LogP contribution in [0.15, 0.2) is 217 Å². The Hall–Kier alpha value is -7.16. The van der Waals surface area contributed by atoms with Crippen LogP contribution in [-0.2, 0) is 0 Å². The number of furan rings is 1. The number of hydrogen-bond donors (Lipinski definition) is 0. The summed E-state index contributed by atoms with van der Waals surface area (Å²) in [5, 5.41) is 4.60.